The van der Waals surface area contributed by atoms with Crippen molar-refractivity contribution in [3.63, 3.8) is 0 Å². The number of aliphatic hydroxyl groups is 1. The fourth-order valence-corrected chi connectivity index (χ4v) is 5.41. The highest BCUT2D eigenvalue weighted by atomic mass is 32.2. The number of hydrogen-bond acceptors (Lipinski definition) is 5. The van der Waals surface area contributed by atoms with Crippen LogP contribution in [0.25, 0.3) is 0 Å². The van der Waals surface area contributed by atoms with E-state index in [2.05, 4.69) is 6.92 Å². The molecule has 0 aliphatic carbocycles. The first-order valence-corrected chi connectivity index (χ1v) is 14.4. The molecule has 0 fully saturated rings. The van der Waals surface area contributed by atoms with Crippen molar-refractivity contribution in [2.45, 2.75) is 109 Å². The molecule has 0 bridgehead atoms. The van der Waals surface area contributed by atoms with Crippen LogP contribution in [-0.2, 0) is 13.6 Å². The molecule has 0 saturated heterocycles. The molecule has 0 aliphatic heterocycles. The molecule has 0 unspecified atom stereocenters. The molecule has 0 aromatic carbocycles. The van der Waals surface area contributed by atoms with Gasteiger partial charge in [-0.15, -0.1) is 0 Å². The topological polar surface area (TPSA) is 55.8 Å². The van der Waals surface area contributed by atoms with E-state index in [1.54, 1.807) is 11.8 Å². The molecule has 0 heterocycles. The molecule has 4 nitrogen and oxygen atoms in total. The maximum atomic E-state index is 11.9. The first-order chi connectivity index (χ1) is 13.6. The van der Waals surface area contributed by atoms with E-state index in [0.29, 0.717) is 12.2 Å². The minimum Gasteiger partial charge on any atom is -0.392 e. The predicted octanol–water partition coefficient (Wildman–Crippen LogP) is 7.44. The SMILES string of the molecule is CCCCCCCCCCCCCCCCSC[C@@H](O)CCP(=O)(OC)OC. The van der Waals surface area contributed by atoms with Crippen LogP contribution in [0.5, 0.6) is 0 Å². The van der Waals surface area contributed by atoms with E-state index in [1.165, 1.54) is 104 Å². The first-order valence-electron chi connectivity index (χ1n) is 11.5. The van der Waals surface area contributed by atoms with E-state index in [9.17, 15) is 9.67 Å². The molecule has 0 aliphatic rings. The summed E-state index contributed by atoms with van der Waals surface area (Å²) in [6, 6.07) is 0. The Morgan fingerprint density at radius 2 is 1.21 bits per heavy atom. The van der Waals surface area contributed by atoms with Crippen LogP contribution >= 0.6 is 19.4 Å². The Bertz CT molecular complexity index is 360. The molecule has 0 saturated carbocycles. The number of hydrogen-bond donors (Lipinski definition) is 1. The van der Waals surface area contributed by atoms with Gasteiger partial charge in [0.1, 0.15) is 0 Å². The van der Waals surface area contributed by atoms with Crippen molar-refractivity contribution >= 4 is 19.4 Å². The standard InChI is InChI=1S/C22H47O4PS/c1-4-5-6-7-8-9-10-11-12-13-14-15-16-17-20-28-21-22(23)18-19-27(24,25-2)26-3/h22-23H,4-21H2,1-3H3/t22-/m0/s1. The average Bonchev–Trinajstić information content (AvgIpc) is 2.71. The van der Waals surface area contributed by atoms with Crippen LogP contribution in [-0.4, -0.2) is 43.1 Å². The normalized spacial score (nSPS) is 13.1. The fourth-order valence-electron chi connectivity index (χ4n) is 3.27. The van der Waals surface area contributed by atoms with Gasteiger partial charge < -0.3 is 14.2 Å². The third kappa shape index (κ3) is 18.5. The lowest BCUT2D eigenvalue weighted by Gasteiger charge is -2.15. The molecule has 0 amide bonds. The second-order valence-corrected chi connectivity index (χ2v) is 11.4. The lowest BCUT2D eigenvalue weighted by Crippen LogP contribution is -2.13. The van der Waals surface area contributed by atoms with Gasteiger partial charge in [0, 0.05) is 20.0 Å². The van der Waals surface area contributed by atoms with Gasteiger partial charge in [0.25, 0.3) is 0 Å². The van der Waals surface area contributed by atoms with Crippen molar-refractivity contribution in [2.24, 2.45) is 0 Å². The molecule has 6 heteroatoms. The molecular weight excluding hydrogens is 391 g/mol. The number of aliphatic hydroxyl groups excluding tert-OH is 1. The second kappa shape index (κ2) is 20.7. The summed E-state index contributed by atoms with van der Waals surface area (Å²) in [6.07, 6.45) is 19.7. The molecule has 0 aromatic rings. The van der Waals surface area contributed by atoms with Crippen molar-refractivity contribution in [3.8, 4) is 0 Å². The van der Waals surface area contributed by atoms with E-state index in [1.807, 2.05) is 0 Å². The van der Waals surface area contributed by atoms with Gasteiger partial charge >= 0.3 is 7.60 Å². The molecule has 0 radical (unpaired) electrons. The Kier molecular flexibility index (Phi) is 21.1. The molecule has 0 spiro atoms. The summed E-state index contributed by atoms with van der Waals surface area (Å²) < 4.78 is 21.7. The van der Waals surface area contributed by atoms with Gasteiger partial charge in [-0.3, -0.25) is 4.57 Å². The lowest BCUT2D eigenvalue weighted by molar-refractivity contribution is 0.190. The van der Waals surface area contributed by atoms with Crippen molar-refractivity contribution in [2.75, 3.05) is 31.9 Å². The monoisotopic (exact) mass is 438 g/mol. The molecule has 0 rings (SSSR count). The van der Waals surface area contributed by atoms with Gasteiger partial charge in [-0.1, -0.05) is 90.4 Å². The van der Waals surface area contributed by atoms with E-state index in [0.717, 1.165) is 5.75 Å². The van der Waals surface area contributed by atoms with Crippen LogP contribution in [0, 0.1) is 0 Å². The number of rotatable bonds is 22. The zero-order chi connectivity index (χ0) is 20.9. The Morgan fingerprint density at radius 1 is 0.786 bits per heavy atom. The van der Waals surface area contributed by atoms with Crippen LogP contribution in [0.15, 0.2) is 0 Å². The summed E-state index contributed by atoms with van der Waals surface area (Å²) in [5.41, 5.74) is 0. The maximum Gasteiger partial charge on any atom is 0.330 e. The van der Waals surface area contributed by atoms with Gasteiger partial charge in [0.15, 0.2) is 0 Å². The maximum absolute atomic E-state index is 11.9. The summed E-state index contributed by atoms with van der Waals surface area (Å²) in [7, 11) is -0.201. The fraction of sp³-hybridized carbons (Fsp3) is 1.00. The molecule has 0 aromatic heterocycles. The summed E-state index contributed by atoms with van der Waals surface area (Å²) in [5, 5.41) is 9.97. The zero-order valence-electron chi connectivity index (χ0n) is 18.8. The van der Waals surface area contributed by atoms with Gasteiger partial charge in [-0.25, -0.2) is 0 Å². The van der Waals surface area contributed by atoms with Crippen LogP contribution in [0.4, 0.5) is 0 Å². The van der Waals surface area contributed by atoms with Crippen LogP contribution in [0.3, 0.4) is 0 Å². The Morgan fingerprint density at radius 3 is 1.64 bits per heavy atom. The van der Waals surface area contributed by atoms with Crippen LogP contribution in [0.1, 0.15) is 103 Å². The minimum absolute atomic E-state index is 0.278. The van der Waals surface area contributed by atoms with Crippen molar-refractivity contribution in [1.29, 1.82) is 0 Å². The molecule has 170 valence electrons. The highest BCUT2D eigenvalue weighted by molar-refractivity contribution is 7.99. The van der Waals surface area contributed by atoms with Crippen molar-refractivity contribution in [3.05, 3.63) is 0 Å². The van der Waals surface area contributed by atoms with Crippen LogP contribution < -0.4 is 0 Å². The van der Waals surface area contributed by atoms with E-state index >= 15 is 0 Å². The quantitative estimate of drug-likeness (QED) is 0.141. The van der Waals surface area contributed by atoms with E-state index in [4.69, 9.17) is 9.05 Å². The Hall–Kier alpha value is 0.460. The Balaban J connectivity index is 3.26. The van der Waals surface area contributed by atoms with Gasteiger partial charge in [-0.2, -0.15) is 11.8 Å². The van der Waals surface area contributed by atoms with Gasteiger partial charge in [-0.05, 0) is 18.6 Å². The predicted molar refractivity (Wildman–Crippen MR) is 125 cm³/mol. The van der Waals surface area contributed by atoms with Gasteiger partial charge in [0.05, 0.1) is 12.3 Å². The number of unbranched alkanes of at least 4 members (excludes halogenated alkanes) is 13. The number of thioether (sulfide) groups is 1. The Labute approximate surface area is 179 Å². The van der Waals surface area contributed by atoms with Crippen molar-refractivity contribution in [1.82, 2.24) is 0 Å². The summed E-state index contributed by atoms with van der Waals surface area (Å²) in [6.45, 7) is 2.28. The van der Waals surface area contributed by atoms with Crippen LogP contribution in [0.2, 0.25) is 0 Å². The third-order valence-electron chi connectivity index (χ3n) is 5.24. The molecular formula is C22H47O4PS. The lowest BCUT2D eigenvalue weighted by atomic mass is 10.0. The van der Waals surface area contributed by atoms with Gasteiger partial charge in [0.2, 0.25) is 0 Å². The molecule has 1 N–H and O–H groups in total. The van der Waals surface area contributed by atoms with E-state index < -0.39 is 13.7 Å². The summed E-state index contributed by atoms with van der Waals surface area (Å²) in [5.74, 6) is 1.80. The average molecular weight is 439 g/mol. The highest BCUT2D eigenvalue weighted by Gasteiger charge is 2.22. The summed E-state index contributed by atoms with van der Waals surface area (Å²) >= 11 is 1.79. The molecule has 1 atom stereocenters. The van der Waals surface area contributed by atoms with E-state index in [-0.39, 0.29) is 6.16 Å². The first kappa shape index (κ1) is 28.5. The highest BCUT2D eigenvalue weighted by Crippen LogP contribution is 2.47. The largest absolute Gasteiger partial charge is 0.392 e. The zero-order valence-corrected chi connectivity index (χ0v) is 20.5. The molecule has 28 heavy (non-hydrogen) atoms. The third-order valence-corrected chi connectivity index (χ3v) is 8.36. The van der Waals surface area contributed by atoms with Crippen molar-refractivity contribution < 1.29 is 18.7 Å². The minimum atomic E-state index is -2.98. The second-order valence-electron chi connectivity index (χ2n) is 7.81. The smallest absolute Gasteiger partial charge is 0.330 e. The summed E-state index contributed by atoms with van der Waals surface area (Å²) in [4.78, 5) is 0.